The first-order valence-corrected chi connectivity index (χ1v) is 10.5. The smallest absolute Gasteiger partial charge is 0.146 e. The Morgan fingerprint density at radius 2 is 1.77 bits per heavy atom. The van der Waals surface area contributed by atoms with Gasteiger partial charge in [0.1, 0.15) is 11.9 Å². The van der Waals surface area contributed by atoms with E-state index in [0.717, 1.165) is 26.2 Å². The number of hydrogen-bond donors (Lipinski definition) is 2. The number of nitrogens with zero attached hydrogens (tertiary/aromatic N) is 2. The van der Waals surface area contributed by atoms with Crippen LogP contribution in [0, 0.1) is 12.7 Å². The molecule has 0 bridgehead atoms. The lowest BCUT2D eigenvalue weighted by atomic mass is 9.95. The van der Waals surface area contributed by atoms with Gasteiger partial charge in [-0.1, -0.05) is 30.3 Å². The third kappa shape index (κ3) is 3.35. The van der Waals surface area contributed by atoms with Gasteiger partial charge in [0.05, 0.1) is 31.9 Å². The van der Waals surface area contributed by atoms with Crippen molar-refractivity contribution in [3.63, 3.8) is 0 Å². The van der Waals surface area contributed by atoms with E-state index in [1.165, 1.54) is 32.6 Å². The first kappa shape index (κ1) is 18.8. The number of aromatic amines is 1. The molecule has 2 aromatic heterocycles. The number of benzene rings is 2. The Balaban J connectivity index is 1.50. The molecule has 1 saturated heterocycles. The molecule has 1 fully saturated rings. The summed E-state index contributed by atoms with van der Waals surface area (Å²) >= 11 is 0. The predicted octanol–water partition coefficient (Wildman–Crippen LogP) is 3.50. The number of H-pyrrole nitrogens is 1. The largest absolute Gasteiger partial charge is 0.358 e. The molecule has 0 amide bonds. The van der Waals surface area contributed by atoms with E-state index in [-0.39, 0.29) is 11.9 Å². The van der Waals surface area contributed by atoms with Crippen LogP contribution in [0.4, 0.5) is 10.1 Å². The minimum Gasteiger partial charge on any atom is -0.358 e. The summed E-state index contributed by atoms with van der Waals surface area (Å²) in [5.41, 5.74) is 5.64. The molecule has 4 nitrogen and oxygen atoms in total. The molecule has 5 heteroatoms. The molecule has 2 N–H and O–H groups in total. The minimum absolute atomic E-state index is 0.141. The van der Waals surface area contributed by atoms with Crippen LogP contribution in [0.2, 0.25) is 0 Å². The maximum Gasteiger partial charge on any atom is 0.146 e. The molecule has 1 aliphatic rings. The molecule has 3 heterocycles. The highest BCUT2D eigenvalue weighted by molar-refractivity contribution is 5.85. The number of fused-ring (bicyclic) bond motifs is 1. The fraction of sp³-hybridized carbons (Fsp3) is 0.240. The summed E-state index contributed by atoms with van der Waals surface area (Å²) in [7, 11) is 0. The zero-order valence-electron chi connectivity index (χ0n) is 17.1. The molecule has 2 aromatic carbocycles. The number of hydrogen-bond acceptors (Lipinski definition) is 2. The van der Waals surface area contributed by atoms with Gasteiger partial charge in [-0.05, 0) is 37.3 Å². The van der Waals surface area contributed by atoms with Crippen LogP contribution in [-0.4, -0.2) is 36.1 Å². The average Bonchev–Trinajstić information content (AvgIpc) is 3.11. The number of aryl methyl sites for hydroxylation is 1. The van der Waals surface area contributed by atoms with Gasteiger partial charge < -0.3 is 14.8 Å². The summed E-state index contributed by atoms with van der Waals surface area (Å²) in [6.07, 6.45) is 3.82. The van der Waals surface area contributed by atoms with Crippen LogP contribution in [0.3, 0.4) is 0 Å². The van der Waals surface area contributed by atoms with Gasteiger partial charge >= 0.3 is 0 Å². The second-order valence-electron chi connectivity index (χ2n) is 8.03. The quantitative estimate of drug-likeness (QED) is 0.549. The maximum absolute atomic E-state index is 14.3. The van der Waals surface area contributed by atoms with Crippen molar-refractivity contribution in [1.82, 2.24) is 9.97 Å². The number of anilines is 1. The summed E-state index contributed by atoms with van der Waals surface area (Å²) in [5, 5.41) is 1.27. The number of pyridine rings is 1. The second-order valence-corrected chi connectivity index (χ2v) is 8.03. The molecule has 0 unspecified atom stereocenters. The molecule has 0 radical (unpaired) electrons. The molecule has 30 heavy (non-hydrogen) atoms. The number of halogens is 1. The van der Waals surface area contributed by atoms with Gasteiger partial charge in [-0.3, -0.25) is 4.98 Å². The Morgan fingerprint density at radius 3 is 2.53 bits per heavy atom. The number of piperazine rings is 1. The fourth-order valence-corrected chi connectivity index (χ4v) is 4.86. The molecule has 0 aliphatic carbocycles. The summed E-state index contributed by atoms with van der Waals surface area (Å²) < 4.78 is 14.3. The third-order valence-corrected chi connectivity index (χ3v) is 6.26. The van der Waals surface area contributed by atoms with Crippen LogP contribution in [0.15, 0.2) is 73.1 Å². The van der Waals surface area contributed by atoms with Gasteiger partial charge in [0.15, 0.2) is 0 Å². The predicted molar refractivity (Wildman–Crippen MR) is 118 cm³/mol. The summed E-state index contributed by atoms with van der Waals surface area (Å²) in [6, 6.07) is 20.0. The topological polar surface area (TPSA) is 36.4 Å². The van der Waals surface area contributed by atoms with Crippen molar-refractivity contribution in [1.29, 1.82) is 0 Å². The summed E-state index contributed by atoms with van der Waals surface area (Å²) in [4.78, 5) is 11.6. The van der Waals surface area contributed by atoms with Gasteiger partial charge in [0, 0.05) is 40.1 Å². The zero-order chi connectivity index (χ0) is 20.5. The highest BCUT2D eigenvalue weighted by Crippen LogP contribution is 2.30. The number of para-hydroxylation sites is 2. The molecule has 1 aliphatic heterocycles. The van der Waals surface area contributed by atoms with Crippen LogP contribution in [0.25, 0.3) is 10.9 Å². The second kappa shape index (κ2) is 7.92. The standard InChI is InChI=1S/C25H25FN4/c1-18-24(20-8-2-4-10-22(20)28-18)25(19-7-6-12-27-17-19)30-15-13-29(14-16-30)23-11-5-3-9-21(23)26/h2-12,17,25,28H,13-16H2,1H3/p+1/t25-/m1/s1. The van der Waals surface area contributed by atoms with Crippen molar-refractivity contribution in [3.8, 4) is 0 Å². The lowest BCUT2D eigenvalue weighted by Gasteiger charge is -2.38. The Hall–Kier alpha value is -3.18. The zero-order valence-corrected chi connectivity index (χ0v) is 17.1. The number of quaternary nitrogens is 1. The van der Waals surface area contributed by atoms with E-state index < -0.39 is 0 Å². The maximum atomic E-state index is 14.3. The normalized spacial score (nSPS) is 16.1. The Bertz CT molecular complexity index is 1150. The molecular formula is C25H26FN4+. The van der Waals surface area contributed by atoms with Crippen molar-refractivity contribution in [2.24, 2.45) is 0 Å². The van der Waals surface area contributed by atoms with Gasteiger partial charge in [-0.15, -0.1) is 0 Å². The highest BCUT2D eigenvalue weighted by Gasteiger charge is 2.33. The van der Waals surface area contributed by atoms with Crippen LogP contribution in [0.1, 0.15) is 22.9 Å². The van der Waals surface area contributed by atoms with Crippen molar-refractivity contribution in [2.75, 3.05) is 31.1 Å². The van der Waals surface area contributed by atoms with Crippen molar-refractivity contribution in [3.05, 3.63) is 95.7 Å². The first-order valence-electron chi connectivity index (χ1n) is 10.5. The van der Waals surface area contributed by atoms with Gasteiger partial charge in [-0.2, -0.15) is 0 Å². The number of aromatic nitrogens is 2. The van der Waals surface area contributed by atoms with E-state index >= 15 is 0 Å². The number of nitrogens with one attached hydrogen (secondary N) is 2. The molecule has 4 aromatic rings. The SMILES string of the molecule is Cc1[nH]c2ccccc2c1[C@@H](c1cccnc1)[NH+]1CCN(c2ccccc2F)CC1. The van der Waals surface area contributed by atoms with Gasteiger partial charge in [0.2, 0.25) is 0 Å². The lowest BCUT2D eigenvalue weighted by Crippen LogP contribution is -3.15. The highest BCUT2D eigenvalue weighted by atomic mass is 19.1. The van der Waals surface area contributed by atoms with Crippen LogP contribution < -0.4 is 9.80 Å². The fourth-order valence-electron chi connectivity index (χ4n) is 4.86. The van der Waals surface area contributed by atoms with Crippen LogP contribution in [-0.2, 0) is 0 Å². The minimum atomic E-state index is -0.141. The first-order chi connectivity index (χ1) is 14.7. The summed E-state index contributed by atoms with van der Waals surface area (Å²) in [5.74, 6) is -0.141. The molecule has 0 saturated carbocycles. The van der Waals surface area contributed by atoms with E-state index in [2.05, 4.69) is 52.1 Å². The van der Waals surface area contributed by atoms with E-state index in [9.17, 15) is 4.39 Å². The number of rotatable bonds is 4. The molecule has 152 valence electrons. The monoisotopic (exact) mass is 401 g/mol. The molecule has 0 spiro atoms. The Kier molecular flexibility index (Phi) is 4.97. The van der Waals surface area contributed by atoms with E-state index in [1.54, 1.807) is 12.1 Å². The van der Waals surface area contributed by atoms with Crippen LogP contribution in [0.5, 0.6) is 0 Å². The Morgan fingerprint density at radius 1 is 1.00 bits per heavy atom. The van der Waals surface area contributed by atoms with E-state index in [1.807, 2.05) is 30.6 Å². The van der Waals surface area contributed by atoms with Crippen molar-refractivity contribution in [2.45, 2.75) is 13.0 Å². The Labute approximate surface area is 176 Å². The van der Waals surface area contributed by atoms with Gasteiger partial charge in [-0.25, -0.2) is 4.39 Å². The third-order valence-electron chi connectivity index (χ3n) is 6.26. The molecule has 5 rings (SSSR count). The molecule has 1 atom stereocenters. The van der Waals surface area contributed by atoms with E-state index in [0.29, 0.717) is 5.69 Å². The van der Waals surface area contributed by atoms with Crippen LogP contribution >= 0.6 is 0 Å². The van der Waals surface area contributed by atoms with Gasteiger partial charge in [0.25, 0.3) is 0 Å². The van der Waals surface area contributed by atoms with E-state index in [4.69, 9.17) is 0 Å². The lowest BCUT2D eigenvalue weighted by molar-refractivity contribution is -0.926. The summed E-state index contributed by atoms with van der Waals surface area (Å²) in [6.45, 7) is 5.69. The average molecular weight is 402 g/mol. The van der Waals surface area contributed by atoms with Crippen molar-refractivity contribution < 1.29 is 9.29 Å². The molecular weight excluding hydrogens is 375 g/mol. The van der Waals surface area contributed by atoms with Crippen molar-refractivity contribution >= 4 is 16.6 Å².